The molecule has 0 saturated heterocycles. The first-order valence-corrected chi connectivity index (χ1v) is 8.35. The Kier molecular flexibility index (Phi) is 8.33. The number of unbranched alkanes of at least 4 members (excludes halogenated alkanes) is 1. The number of nitrogens with one attached hydrogen (secondary N) is 2. The van der Waals surface area contributed by atoms with E-state index in [1.54, 1.807) is 0 Å². The molecule has 0 fully saturated rings. The van der Waals surface area contributed by atoms with Crippen molar-refractivity contribution in [1.82, 2.24) is 4.90 Å². The number of hydrogen-bond donors (Lipinski definition) is 2. The molecule has 128 valence electrons. The van der Waals surface area contributed by atoms with Crippen LogP contribution in [0.25, 0.3) is 0 Å². The van der Waals surface area contributed by atoms with E-state index in [1.165, 1.54) is 6.92 Å². The van der Waals surface area contributed by atoms with Gasteiger partial charge in [0.15, 0.2) is 0 Å². The van der Waals surface area contributed by atoms with Crippen LogP contribution in [0.3, 0.4) is 0 Å². The molecule has 0 heterocycles. The average molecular weight is 319 g/mol. The van der Waals surface area contributed by atoms with Gasteiger partial charge in [0.05, 0.1) is 0 Å². The van der Waals surface area contributed by atoms with E-state index in [0.717, 1.165) is 43.6 Å². The van der Waals surface area contributed by atoms with Crippen molar-refractivity contribution in [2.45, 2.75) is 46.5 Å². The van der Waals surface area contributed by atoms with E-state index < -0.39 is 0 Å². The van der Waals surface area contributed by atoms with Crippen LogP contribution in [0.5, 0.6) is 0 Å². The summed E-state index contributed by atoms with van der Waals surface area (Å²) in [7, 11) is 2.04. The van der Waals surface area contributed by atoms with Gasteiger partial charge in [-0.2, -0.15) is 0 Å². The van der Waals surface area contributed by atoms with E-state index in [9.17, 15) is 9.59 Å². The van der Waals surface area contributed by atoms with Crippen molar-refractivity contribution >= 4 is 23.2 Å². The van der Waals surface area contributed by atoms with Crippen LogP contribution in [0.1, 0.15) is 45.6 Å². The molecule has 0 atom stereocenters. The van der Waals surface area contributed by atoms with Crippen LogP contribution in [0.4, 0.5) is 11.4 Å². The van der Waals surface area contributed by atoms with E-state index in [2.05, 4.69) is 22.5 Å². The summed E-state index contributed by atoms with van der Waals surface area (Å²) in [5, 5.41) is 5.71. The first kappa shape index (κ1) is 19.2. The Morgan fingerprint density at radius 3 is 2.48 bits per heavy atom. The molecule has 2 N–H and O–H groups in total. The molecule has 5 nitrogen and oxygen atoms in total. The van der Waals surface area contributed by atoms with E-state index >= 15 is 0 Å². The van der Waals surface area contributed by atoms with Gasteiger partial charge < -0.3 is 15.5 Å². The third-order valence-corrected chi connectivity index (χ3v) is 3.70. The van der Waals surface area contributed by atoms with Crippen LogP contribution in [0.2, 0.25) is 0 Å². The molecular weight excluding hydrogens is 290 g/mol. The highest BCUT2D eigenvalue weighted by Gasteiger charge is 2.09. The molecule has 0 radical (unpaired) electrons. The highest BCUT2D eigenvalue weighted by Crippen LogP contribution is 2.22. The summed E-state index contributed by atoms with van der Waals surface area (Å²) in [4.78, 5) is 25.5. The molecule has 2 amide bonds. The zero-order valence-corrected chi connectivity index (χ0v) is 14.7. The zero-order chi connectivity index (χ0) is 17.2. The molecule has 0 unspecified atom stereocenters. The Hall–Kier alpha value is -1.88. The van der Waals surface area contributed by atoms with E-state index in [0.29, 0.717) is 12.1 Å². The highest BCUT2D eigenvalue weighted by molar-refractivity contribution is 5.94. The SMILES string of the molecule is CCCCN(C)CCC(=O)Nc1cc(NC(C)=O)ccc1CC. The van der Waals surface area contributed by atoms with Gasteiger partial charge in [-0.1, -0.05) is 26.3 Å². The normalized spacial score (nSPS) is 10.7. The minimum atomic E-state index is -0.121. The lowest BCUT2D eigenvalue weighted by Crippen LogP contribution is -2.25. The fourth-order valence-electron chi connectivity index (χ4n) is 2.33. The Morgan fingerprint density at radius 2 is 1.87 bits per heavy atom. The standard InChI is InChI=1S/C18H29N3O2/c1-5-7-11-21(4)12-10-18(23)20-17-13-16(19-14(3)22)9-8-15(17)6-2/h8-9,13H,5-7,10-12H2,1-4H3,(H,19,22)(H,20,23). The quantitative estimate of drug-likeness (QED) is 0.734. The first-order chi connectivity index (χ1) is 11.0. The van der Waals surface area contributed by atoms with Gasteiger partial charge in [-0.05, 0) is 44.1 Å². The van der Waals surface area contributed by atoms with E-state index in [4.69, 9.17) is 0 Å². The van der Waals surface area contributed by atoms with Gasteiger partial charge in [-0.25, -0.2) is 0 Å². The predicted molar refractivity (Wildman–Crippen MR) is 95.8 cm³/mol. The van der Waals surface area contributed by atoms with Crippen molar-refractivity contribution in [3.05, 3.63) is 23.8 Å². The molecule has 1 aromatic rings. The number of carbonyl (C=O) groups is 2. The molecule has 1 rings (SSSR count). The van der Waals surface area contributed by atoms with Crippen molar-refractivity contribution in [1.29, 1.82) is 0 Å². The number of amides is 2. The zero-order valence-electron chi connectivity index (χ0n) is 14.7. The summed E-state index contributed by atoms with van der Waals surface area (Å²) in [5.41, 5.74) is 2.54. The second-order valence-electron chi connectivity index (χ2n) is 5.86. The minimum absolute atomic E-state index is 0.00280. The lowest BCUT2D eigenvalue weighted by Gasteiger charge is -2.16. The second-order valence-corrected chi connectivity index (χ2v) is 5.86. The Bertz CT molecular complexity index is 529. The molecular formula is C18H29N3O2. The van der Waals surface area contributed by atoms with Gasteiger partial charge in [0.2, 0.25) is 11.8 Å². The number of aryl methyl sites for hydroxylation is 1. The molecule has 0 aliphatic rings. The summed E-state index contributed by atoms with van der Waals surface area (Å²) in [5.74, 6) is -0.118. The fourth-order valence-corrected chi connectivity index (χ4v) is 2.33. The third-order valence-electron chi connectivity index (χ3n) is 3.70. The summed E-state index contributed by atoms with van der Waals surface area (Å²) < 4.78 is 0. The predicted octanol–water partition coefficient (Wildman–Crippen LogP) is 3.27. The topological polar surface area (TPSA) is 61.4 Å². The smallest absolute Gasteiger partial charge is 0.225 e. The highest BCUT2D eigenvalue weighted by atomic mass is 16.2. The lowest BCUT2D eigenvalue weighted by molar-refractivity contribution is -0.116. The molecule has 1 aromatic carbocycles. The summed E-state index contributed by atoms with van der Waals surface area (Å²) in [6.45, 7) is 7.44. The fraction of sp³-hybridized carbons (Fsp3) is 0.556. The number of carbonyl (C=O) groups excluding carboxylic acids is 2. The largest absolute Gasteiger partial charge is 0.326 e. The molecule has 0 spiro atoms. The van der Waals surface area contributed by atoms with Gasteiger partial charge in [0.25, 0.3) is 0 Å². The summed E-state index contributed by atoms with van der Waals surface area (Å²) in [6.07, 6.45) is 3.60. The van der Waals surface area contributed by atoms with Crippen LogP contribution in [0.15, 0.2) is 18.2 Å². The number of hydrogen-bond acceptors (Lipinski definition) is 3. The molecule has 23 heavy (non-hydrogen) atoms. The minimum Gasteiger partial charge on any atom is -0.326 e. The van der Waals surface area contributed by atoms with Gasteiger partial charge >= 0.3 is 0 Å². The van der Waals surface area contributed by atoms with Crippen LogP contribution in [0, 0.1) is 0 Å². The van der Waals surface area contributed by atoms with Gasteiger partial charge in [-0.3, -0.25) is 9.59 Å². The molecule has 0 saturated carbocycles. The molecule has 0 aromatic heterocycles. The monoisotopic (exact) mass is 319 g/mol. The molecule has 0 aliphatic carbocycles. The van der Waals surface area contributed by atoms with Gasteiger partial charge in [0.1, 0.15) is 0 Å². The van der Waals surface area contributed by atoms with Crippen LogP contribution in [-0.2, 0) is 16.0 Å². The average Bonchev–Trinajstić information content (AvgIpc) is 2.50. The van der Waals surface area contributed by atoms with Crippen LogP contribution in [-0.4, -0.2) is 36.9 Å². The van der Waals surface area contributed by atoms with Crippen molar-refractivity contribution in [2.75, 3.05) is 30.8 Å². The van der Waals surface area contributed by atoms with E-state index in [-0.39, 0.29) is 11.8 Å². The number of benzene rings is 1. The van der Waals surface area contributed by atoms with Gasteiger partial charge in [-0.15, -0.1) is 0 Å². The maximum atomic E-state index is 12.2. The molecule has 5 heteroatoms. The third kappa shape index (κ3) is 7.28. The first-order valence-electron chi connectivity index (χ1n) is 8.35. The van der Waals surface area contributed by atoms with Crippen molar-refractivity contribution in [2.24, 2.45) is 0 Å². The van der Waals surface area contributed by atoms with Crippen molar-refractivity contribution < 1.29 is 9.59 Å². The lowest BCUT2D eigenvalue weighted by atomic mass is 10.1. The van der Waals surface area contributed by atoms with Crippen LogP contribution >= 0.6 is 0 Å². The summed E-state index contributed by atoms with van der Waals surface area (Å²) >= 11 is 0. The summed E-state index contributed by atoms with van der Waals surface area (Å²) in [6, 6.07) is 5.61. The number of rotatable bonds is 9. The van der Waals surface area contributed by atoms with Crippen molar-refractivity contribution in [3.63, 3.8) is 0 Å². The van der Waals surface area contributed by atoms with Crippen molar-refractivity contribution in [3.8, 4) is 0 Å². The van der Waals surface area contributed by atoms with Gasteiger partial charge in [0, 0.05) is 31.3 Å². The Balaban J connectivity index is 2.63. The Labute approximate surface area is 139 Å². The maximum absolute atomic E-state index is 12.2. The molecule has 0 bridgehead atoms. The van der Waals surface area contributed by atoms with Crippen LogP contribution < -0.4 is 10.6 Å². The Morgan fingerprint density at radius 1 is 1.13 bits per heavy atom. The number of nitrogens with zero attached hydrogens (tertiary/aromatic N) is 1. The number of anilines is 2. The second kappa shape index (κ2) is 10.0. The van der Waals surface area contributed by atoms with E-state index in [1.807, 2.05) is 32.2 Å². The maximum Gasteiger partial charge on any atom is 0.225 e. The molecule has 0 aliphatic heterocycles.